The number of anilines is 1. The molecular weight excluding hydrogens is 754 g/mol. The first-order chi connectivity index (χ1) is 27.3. The molecule has 0 fully saturated rings. The molecule has 0 saturated carbocycles. The Morgan fingerprint density at radius 1 is 0.776 bits per heavy atom. The lowest BCUT2D eigenvalue weighted by Crippen LogP contribution is -2.34. The van der Waals surface area contributed by atoms with Crippen LogP contribution in [0.25, 0.3) is 0 Å². The van der Waals surface area contributed by atoms with E-state index < -0.39 is 63.4 Å². The first kappa shape index (κ1) is 39.3. The Labute approximate surface area is 331 Å². The standard InChI is InChI=1S/C43H38F2N4O9/c1-41(2,3)38(52)56-33-18-31-27(16-29(33)44)43(28-17-30(45)34(19-32(28)55-31)57-39(53)42(4,5)6)26-15-24(11-12-25(26)37(51)58-43)36(50)48-20-22-7-9-23(10-8-22)21-54-40-47-14-13-35(46)49-40/h7-19H,20-21H2,1-6H3,(H,48,50)(H2,46,47,49). The van der Waals surface area contributed by atoms with E-state index >= 15 is 8.78 Å². The van der Waals surface area contributed by atoms with Crippen LogP contribution in [0.5, 0.6) is 29.0 Å². The normalized spacial score (nSPS) is 13.7. The van der Waals surface area contributed by atoms with Crippen LogP contribution < -0.4 is 30.0 Å². The molecule has 0 bridgehead atoms. The van der Waals surface area contributed by atoms with Gasteiger partial charge in [0.05, 0.1) is 27.5 Å². The highest BCUT2D eigenvalue weighted by Gasteiger charge is 2.55. The fourth-order valence-corrected chi connectivity index (χ4v) is 6.13. The fourth-order valence-electron chi connectivity index (χ4n) is 6.13. The van der Waals surface area contributed by atoms with Crippen molar-refractivity contribution in [3.63, 3.8) is 0 Å². The topological polar surface area (TPSA) is 178 Å². The number of nitrogens with two attached hydrogens (primary N) is 1. The maximum atomic E-state index is 16.0. The zero-order valence-electron chi connectivity index (χ0n) is 32.3. The monoisotopic (exact) mass is 792 g/mol. The zero-order valence-corrected chi connectivity index (χ0v) is 32.3. The van der Waals surface area contributed by atoms with Gasteiger partial charge in [0.2, 0.25) is 0 Å². The van der Waals surface area contributed by atoms with Crippen LogP contribution >= 0.6 is 0 Å². The molecule has 0 radical (unpaired) electrons. The van der Waals surface area contributed by atoms with Gasteiger partial charge < -0.3 is 34.7 Å². The second-order valence-electron chi connectivity index (χ2n) is 15.8. The first-order valence-electron chi connectivity index (χ1n) is 18.1. The Bertz CT molecular complexity index is 2430. The number of nitrogen functional groups attached to an aromatic ring is 1. The summed E-state index contributed by atoms with van der Waals surface area (Å²) in [6, 6.07) is 17.4. The maximum Gasteiger partial charge on any atom is 0.340 e. The average Bonchev–Trinajstić information content (AvgIpc) is 3.45. The van der Waals surface area contributed by atoms with Crippen LogP contribution in [-0.2, 0) is 33.1 Å². The van der Waals surface area contributed by atoms with Crippen LogP contribution in [0.2, 0.25) is 0 Å². The van der Waals surface area contributed by atoms with Crippen molar-refractivity contribution < 1.29 is 51.6 Å². The molecular formula is C43H38F2N4O9. The van der Waals surface area contributed by atoms with E-state index in [1.54, 1.807) is 47.6 Å². The number of carbonyl (C=O) groups is 4. The van der Waals surface area contributed by atoms with Crippen LogP contribution in [-0.4, -0.2) is 33.8 Å². The molecule has 1 spiro atoms. The summed E-state index contributed by atoms with van der Waals surface area (Å²) >= 11 is 0. The lowest BCUT2D eigenvalue weighted by molar-refractivity contribution is -0.143. The number of aromatic nitrogens is 2. The number of benzene rings is 4. The number of halogens is 2. The van der Waals surface area contributed by atoms with E-state index in [9.17, 15) is 19.2 Å². The summed E-state index contributed by atoms with van der Waals surface area (Å²) in [5, 5.41) is 2.85. The lowest BCUT2D eigenvalue weighted by atomic mass is 9.77. The minimum absolute atomic E-state index is 0.0176. The average molecular weight is 793 g/mol. The second-order valence-corrected chi connectivity index (χ2v) is 15.8. The molecule has 0 aliphatic carbocycles. The van der Waals surface area contributed by atoms with E-state index in [4.69, 9.17) is 29.4 Å². The Kier molecular flexibility index (Phi) is 9.87. The number of hydrogen-bond donors (Lipinski definition) is 2. The van der Waals surface area contributed by atoms with Crippen molar-refractivity contribution in [3.8, 4) is 29.0 Å². The molecule has 3 N–H and O–H groups in total. The number of nitrogens with zero attached hydrogens (tertiary/aromatic N) is 2. The van der Waals surface area contributed by atoms with Gasteiger partial charge in [-0.05, 0) is 89.1 Å². The predicted octanol–water partition coefficient (Wildman–Crippen LogP) is 7.32. The molecule has 298 valence electrons. The number of nitrogens with one attached hydrogen (secondary N) is 1. The van der Waals surface area contributed by atoms with Crippen molar-refractivity contribution >= 4 is 29.6 Å². The molecule has 13 nitrogen and oxygen atoms in total. The molecule has 2 aliphatic rings. The van der Waals surface area contributed by atoms with Gasteiger partial charge in [0.25, 0.3) is 5.91 Å². The molecule has 0 atom stereocenters. The highest BCUT2D eigenvalue weighted by Crippen LogP contribution is 2.58. The van der Waals surface area contributed by atoms with Crippen LogP contribution in [0.15, 0.2) is 79.0 Å². The van der Waals surface area contributed by atoms with Crippen molar-refractivity contribution in [2.24, 2.45) is 10.8 Å². The van der Waals surface area contributed by atoms with Gasteiger partial charge >= 0.3 is 23.9 Å². The summed E-state index contributed by atoms with van der Waals surface area (Å²) in [5.41, 5.74) is 3.24. The van der Waals surface area contributed by atoms with Crippen LogP contribution in [0.4, 0.5) is 14.6 Å². The van der Waals surface area contributed by atoms with E-state index in [0.29, 0.717) is 0 Å². The summed E-state index contributed by atoms with van der Waals surface area (Å²) in [6.07, 6.45) is 1.49. The largest absolute Gasteiger partial charge is 0.459 e. The van der Waals surface area contributed by atoms with Gasteiger partial charge in [0.15, 0.2) is 28.7 Å². The molecule has 3 heterocycles. The summed E-state index contributed by atoms with van der Waals surface area (Å²) in [4.78, 5) is 60.9. The van der Waals surface area contributed by atoms with Gasteiger partial charge in [-0.25, -0.2) is 18.6 Å². The van der Waals surface area contributed by atoms with E-state index in [-0.39, 0.29) is 64.3 Å². The Morgan fingerprint density at radius 3 is 1.90 bits per heavy atom. The van der Waals surface area contributed by atoms with Crippen molar-refractivity contribution in [3.05, 3.63) is 130 Å². The number of amides is 1. The summed E-state index contributed by atoms with van der Waals surface area (Å²) in [6.45, 7) is 9.88. The van der Waals surface area contributed by atoms with E-state index in [1.807, 2.05) is 24.3 Å². The van der Waals surface area contributed by atoms with Gasteiger partial charge in [-0.2, -0.15) is 4.98 Å². The van der Waals surface area contributed by atoms with Gasteiger partial charge in [-0.3, -0.25) is 14.4 Å². The molecule has 0 unspecified atom stereocenters. The zero-order chi connectivity index (χ0) is 41.7. The van der Waals surface area contributed by atoms with Crippen LogP contribution in [0.3, 0.4) is 0 Å². The third-order valence-corrected chi connectivity index (χ3v) is 9.30. The molecule has 0 saturated heterocycles. The van der Waals surface area contributed by atoms with E-state index in [2.05, 4.69) is 15.3 Å². The summed E-state index contributed by atoms with van der Waals surface area (Å²) in [7, 11) is 0. The first-order valence-corrected chi connectivity index (χ1v) is 18.1. The third kappa shape index (κ3) is 7.50. The number of ether oxygens (including phenoxy) is 5. The molecule has 4 aromatic carbocycles. The fraction of sp³-hybridized carbons (Fsp3) is 0.256. The van der Waals surface area contributed by atoms with Crippen molar-refractivity contribution in [2.75, 3.05) is 5.73 Å². The van der Waals surface area contributed by atoms with Gasteiger partial charge in [0.1, 0.15) is 23.9 Å². The number of esters is 3. The molecule has 5 aromatic rings. The molecule has 15 heteroatoms. The third-order valence-electron chi connectivity index (χ3n) is 9.30. The minimum atomic E-state index is -2.07. The lowest BCUT2D eigenvalue weighted by Gasteiger charge is -2.37. The molecule has 7 rings (SSSR count). The Hall–Kier alpha value is -6.90. The maximum absolute atomic E-state index is 16.0. The van der Waals surface area contributed by atoms with Crippen LogP contribution in [0, 0.1) is 22.5 Å². The number of rotatable bonds is 8. The van der Waals surface area contributed by atoms with Gasteiger partial charge in [-0.1, -0.05) is 24.3 Å². The van der Waals surface area contributed by atoms with Crippen molar-refractivity contribution in [1.82, 2.24) is 15.3 Å². The van der Waals surface area contributed by atoms with Crippen LogP contribution in [0.1, 0.15) is 90.1 Å². The summed E-state index contributed by atoms with van der Waals surface area (Å²) < 4.78 is 60.5. The Morgan fingerprint density at radius 2 is 1.34 bits per heavy atom. The van der Waals surface area contributed by atoms with E-state index in [1.165, 1.54) is 24.4 Å². The van der Waals surface area contributed by atoms with Crippen molar-refractivity contribution in [1.29, 1.82) is 0 Å². The second kappa shape index (κ2) is 14.6. The van der Waals surface area contributed by atoms with Gasteiger partial charge in [-0.15, -0.1) is 0 Å². The highest BCUT2D eigenvalue weighted by atomic mass is 19.1. The molecule has 1 aromatic heterocycles. The number of fused-ring (bicyclic) bond motifs is 6. The highest BCUT2D eigenvalue weighted by molar-refractivity contribution is 6.00. The Balaban J connectivity index is 1.23. The van der Waals surface area contributed by atoms with Gasteiger partial charge in [0, 0.05) is 36.0 Å². The van der Waals surface area contributed by atoms with E-state index in [0.717, 1.165) is 35.4 Å². The number of carbonyl (C=O) groups excluding carboxylic acids is 4. The van der Waals surface area contributed by atoms with Crippen molar-refractivity contribution in [2.45, 2.75) is 60.3 Å². The molecule has 1 amide bonds. The molecule has 58 heavy (non-hydrogen) atoms. The minimum Gasteiger partial charge on any atom is -0.459 e. The SMILES string of the molecule is CC(C)(C)C(=O)Oc1cc2c(cc1F)C1(OC(=O)c3ccc(C(=O)NCc4ccc(COc5nccc(N)n5)cc4)cc31)c1cc(F)c(OC(=O)C(C)(C)C)cc1O2. The predicted molar refractivity (Wildman–Crippen MR) is 203 cm³/mol. The number of hydrogen-bond acceptors (Lipinski definition) is 12. The molecule has 2 aliphatic heterocycles. The quantitative estimate of drug-likeness (QED) is 0.118. The summed E-state index contributed by atoms with van der Waals surface area (Å²) in [5.74, 6) is -5.77. The smallest absolute Gasteiger partial charge is 0.340 e.